The Hall–Kier alpha value is -1.03. The quantitative estimate of drug-likeness (QED) is 0.748. The SMILES string of the molecule is CCCc1nn(CC)c(C(=O)OCC)c1Cl. The molecule has 0 unspecified atom stereocenters. The van der Waals surface area contributed by atoms with Gasteiger partial charge in [0, 0.05) is 6.54 Å². The number of rotatable bonds is 5. The zero-order valence-electron chi connectivity index (χ0n) is 9.92. The number of esters is 1. The summed E-state index contributed by atoms with van der Waals surface area (Å²) < 4.78 is 6.56. The predicted octanol–water partition coefficient (Wildman–Crippen LogP) is 2.69. The molecule has 5 heteroatoms. The number of aromatic nitrogens is 2. The van der Waals surface area contributed by atoms with Crippen LogP contribution < -0.4 is 0 Å². The minimum absolute atomic E-state index is 0.340. The van der Waals surface area contributed by atoms with Crippen molar-refractivity contribution in [3.8, 4) is 0 Å². The van der Waals surface area contributed by atoms with Crippen LogP contribution in [0.15, 0.2) is 0 Å². The molecule has 0 N–H and O–H groups in total. The van der Waals surface area contributed by atoms with Crippen molar-refractivity contribution in [2.24, 2.45) is 0 Å². The second-order valence-electron chi connectivity index (χ2n) is 3.40. The zero-order chi connectivity index (χ0) is 12.1. The molecule has 1 aromatic heterocycles. The molecule has 0 aliphatic carbocycles. The summed E-state index contributed by atoms with van der Waals surface area (Å²) in [5.41, 5.74) is 1.14. The van der Waals surface area contributed by atoms with Crippen molar-refractivity contribution >= 4 is 17.6 Å². The molecule has 1 rings (SSSR count). The number of nitrogens with zero attached hydrogens (tertiary/aromatic N) is 2. The van der Waals surface area contributed by atoms with Crippen LogP contribution in [0.2, 0.25) is 5.02 Å². The van der Waals surface area contributed by atoms with E-state index in [1.54, 1.807) is 11.6 Å². The molecule has 0 spiro atoms. The first-order valence-electron chi connectivity index (χ1n) is 5.57. The highest BCUT2D eigenvalue weighted by atomic mass is 35.5. The van der Waals surface area contributed by atoms with Gasteiger partial charge in [0.1, 0.15) is 0 Å². The van der Waals surface area contributed by atoms with Crippen LogP contribution in [0.25, 0.3) is 0 Å². The maximum Gasteiger partial charge on any atom is 0.358 e. The van der Waals surface area contributed by atoms with E-state index in [1.165, 1.54) is 0 Å². The van der Waals surface area contributed by atoms with Gasteiger partial charge in [0.25, 0.3) is 0 Å². The molecule has 16 heavy (non-hydrogen) atoms. The van der Waals surface area contributed by atoms with Crippen LogP contribution in [0.5, 0.6) is 0 Å². The van der Waals surface area contributed by atoms with E-state index in [9.17, 15) is 4.79 Å². The van der Waals surface area contributed by atoms with E-state index < -0.39 is 5.97 Å². The van der Waals surface area contributed by atoms with Gasteiger partial charge in [0.2, 0.25) is 0 Å². The van der Waals surface area contributed by atoms with Gasteiger partial charge >= 0.3 is 5.97 Å². The number of hydrogen-bond acceptors (Lipinski definition) is 3. The average molecular weight is 245 g/mol. The van der Waals surface area contributed by atoms with Crippen molar-refractivity contribution in [2.75, 3.05) is 6.61 Å². The molecule has 0 aromatic carbocycles. The zero-order valence-corrected chi connectivity index (χ0v) is 10.7. The van der Waals surface area contributed by atoms with Crippen LogP contribution in [-0.2, 0) is 17.7 Å². The Balaban J connectivity index is 3.09. The number of ether oxygens (including phenoxy) is 1. The van der Waals surface area contributed by atoms with Crippen LogP contribution in [-0.4, -0.2) is 22.4 Å². The van der Waals surface area contributed by atoms with Gasteiger partial charge in [-0.2, -0.15) is 5.10 Å². The lowest BCUT2D eigenvalue weighted by Gasteiger charge is -2.03. The molecule has 0 aliphatic heterocycles. The fourth-order valence-electron chi connectivity index (χ4n) is 1.51. The van der Waals surface area contributed by atoms with E-state index in [1.807, 2.05) is 13.8 Å². The van der Waals surface area contributed by atoms with Crippen LogP contribution in [0.3, 0.4) is 0 Å². The summed E-state index contributed by atoms with van der Waals surface area (Å²) in [7, 11) is 0. The summed E-state index contributed by atoms with van der Waals surface area (Å²) in [6, 6.07) is 0. The number of hydrogen-bond donors (Lipinski definition) is 0. The Kier molecular flexibility index (Phi) is 4.80. The molecular weight excluding hydrogens is 228 g/mol. The third kappa shape index (κ3) is 2.55. The minimum Gasteiger partial charge on any atom is -0.461 e. The Morgan fingerprint density at radius 2 is 2.12 bits per heavy atom. The highest BCUT2D eigenvalue weighted by molar-refractivity contribution is 6.34. The molecule has 4 nitrogen and oxygen atoms in total. The summed E-state index contributed by atoms with van der Waals surface area (Å²) in [6.45, 7) is 6.68. The van der Waals surface area contributed by atoms with E-state index in [0.29, 0.717) is 23.9 Å². The lowest BCUT2D eigenvalue weighted by molar-refractivity contribution is 0.0512. The van der Waals surface area contributed by atoms with Gasteiger partial charge in [0.05, 0.1) is 17.3 Å². The molecule has 0 atom stereocenters. The van der Waals surface area contributed by atoms with Crippen molar-refractivity contribution in [3.63, 3.8) is 0 Å². The van der Waals surface area contributed by atoms with Gasteiger partial charge in [-0.15, -0.1) is 0 Å². The van der Waals surface area contributed by atoms with Crippen LogP contribution in [0.1, 0.15) is 43.4 Å². The monoisotopic (exact) mass is 244 g/mol. The molecule has 1 aromatic rings. The summed E-state index contributed by atoms with van der Waals surface area (Å²) >= 11 is 6.13. The molecule has 0 bridgehead atoms. The van der Waals surface area contributed by atoms with Gasteiger partial charge in [-0.25, -0.2) is 4.79 Å². The van der Waals surface area contributed by atoms with E-state index in [0.717, 1.165) is 18.5 Å². The smallest absolute Gasteiger partial charge is 0.358 e. The Morgan fingerprint density at radius 1 is 1.44 bits per heavy atom. The highest BCUT2D eigenvalue weighted by Crippen LogP contribution is 2.23. The van der Waals surface area contributed by atoms with Crippen molar-refractivity contribution in [1.82, 2.24) is 9.78 Å². The summed E-state index contributed by atoms with van der Waals surface area (Å²) in [5.74, 6) is -0.399. The second kappa shape index (κ2) is 5.89. The summed E-state index contributed by atoms with van der Waals surface area (Å²) in [6.07, 6.45) is 1.72. The van der Waals surface area contributed by atoms with E-state index in [-0.39, 0.29) is 0 Å². The lowest BCUT2D eigenvalue weighted by atomic mass is 10.2. The first kappa shape index (κ1) is 13.0. The van der Waals surface area contributed by atoms with Gasteiger partial charge < -0.3 is 4.74 Å². The second-order valence-corrected chi connectivity index (χ2v) is 3.77. The van der Waals surface area contributed by atoms with Gasteiger partial charge in [-0.1, -0.05) is 24.9 Å². The first-order chi connectivity index (χ1) is 7.65. The van der Waals surface area contributed by atoms with Crippen molar-refractivity contribution < 1.29 is 9.53 Å². The Labute approximate surface area is 101 Å². The fraction of sp³-hybridized carbons (Fsp3) is 0.636. The summed E-state index contributed by atoms with van der Waals surface area (Å²) in [5, 5.41) is 4.74. The van der Waals surface area contributed by atoms with Gasteiger partial charge in [0.15, 0.2) is 5.69 Å². The van der Waals surface area contributed by atoms with Gasteiger partial charge in [-0.05, 0) is 20.3 Å². The van der Waals surface area contributed by atoms with E-state index in [4.69, 9.17) is 16.3 Å². The Morgan fingerprint density at radius 3 is 2.62 bits per heavy atom. The van der Waals surface area contributed by atoms with E-state index in [2.05, 4.69) is 5.10 Å². The van der Waals surface area contributed by atoms with Crippen molar-refractivity contribution in [3.05, 3.63) is 16.4 Å². The number of aryl methyl sites for hydroxylation is 2. The minimum atomic E-state index is -0.399. The molecule has 1 heterocycles. The normalized spacial score (nSPS) is 10.5. The third-order valence-corrected chi connectivity index (χ3v) is 2.61. The molecule has 0 aliphatic rings. The van der Waals surface area contributed by atoms with Crippen molar-refractivity contribution in [1.29, 1.82) is 0 Å². The van der Waals surface area contributed by atoms with E-state index >= 15 is 0 Å². The molecule has 0 saturated heterocycles. The number of halogens is 1. The predicted molar refractivity (Wildman–Crippen MR) is 62.9 cm³/mol. The number of carbonyl (C=O) groups excluding carboxylic acids is 1. The first-order valence-corrected chi connectivity index (χ1v) is 5.95. The van der Waals surface area contributed by atoms with Crippen LogP contribution >= 0.6 is 11.6 Å². The van der Waals surface area contributed by atoms with Gasteiger partial charge in [-0.3, -0.25) is 4.68 Å². The molecule has 0 radical (unpaired) electrons. The van der Waals surface area contributed by atoms with Crippen molar-refractivity contribution in [2.45, 2.75) is 40.2 Å². The topological polar surface area (TPSA) is 44.1 Å². The Bertz CT molecular complexity index is 374. The highest BCUT2D eigenvalue weighted by Gasteiger charge is 2.22. The molecule has 0 fully saturated rings. The lowest BCUT2D eigenvalue weighted by Crippen LogP contribution is -2.12. The maximum atomic E-state index is 11.7. The standard InChI is InChI=1S/C11H17ClN2O2/c1-4-7-8-9(12)10(11(15)16-6-3)14(5-2)13-8/h4-7H2,1-3H3. The maximum absolute atomic E-state index is 11.7. The number of carbonyl (C=O) groups is 1. The average Bonchev–Trinajstić information content (AvgIpc) is 2.57. The molecule has 0 saturated carbocycles. The largest absolute Gasteiger partial charge is 0.461 e. The third-order valence-electron chi connectivity index (χ3n) is 2.22. The van der Waals surface area contributed by atoms with Crippen LogP contribution in [0.4, 0.5) is 0 Å². The summed E-state index contributed by atoms with van der Waals surface area (Å²) in [4.78, 5) is 11.7. The molecule has 90 valence electrons. The fourth-order valence-corrected chi connectivity index (χ4v) is 1.82. The molecule has 0 amide bonds. The van der Waals surface area contributed by atoms with Crippen LogP contribution in [0, 0.1) is 0 Å². The molecular formula is C11H17ClN2O2.